The highest BCUT2D eigenvalue weighted by molar-refractivity contribution is 9.10. The Morgan fingerprint density at radius 1 is 1.11 bits per heavy atom. The number of fused-ring (bicyclic) bond motifs is 2. The molecule has 2 aromatic heterocycles. The Balaban J connectivity index is 1.60. The number of benzene rings is 3. The van der Waals surface area contributed by atoms with Gasteiger partial charge < -0.3 is 9.67 Å². The summed E-state index contributed by atoms with van der Waals surface area (Å²) in [5.41, 5.74) is 3.40. The zero-order valence-electron chi connectivity index (χ0n) is 20.4. The van der Waals surface area contributed by atoms with Crippen LogP contribution in [0.2, 0.25) is 0 Å². The smallest absolute Gasteiger partial charge is 0.335 e. The standard InChI is InChI=1S/C29H25BrN4O3/c1-3-18(2)27-32-25-12-11-22(30)14-24(25)28(35)34(27)31-15-21-17-33(26-10-5-4-9-23(21)26)16-19-7-6-8-20(13-19)29(36)37/h4-15,17-18H,3,16H2,1-2H3,(H,36,37)/t18-/m0/s1. The first kappa shape index (κ1) is 24.6. The van der Waals surface area contributed by atoms with Gasteiger partial charge in [0, 0.05) is 39.6 Å². The highest BCUT2D eigenvalue weighted by atomic mass is 79.9. The Morgan fingerprint density at radius 2 is 1.92 bits per heavy atom. The molecule has 37 heavy (non-hydrogen) atoms. The molecule has 186 valence electrons. The van der Waals surface area contributed by atoms with Gasteiger partial charge in [-0.3, -0.25) is 4.79 Å². The van der Waals surface area contributed by atoms with Crippen molar-refractivity contribution >= 4 is 49.9 Å². The molecule has 0 saturated carbocycles. The molecule has 0 fully saturated rings. The van der Waals surface area contributed by atoms with Crippen LogP contribution in [0.1, 0.15) is 53.5 Å². The predicted molar refractivity (Wildman–Crippen MR) is 150 cm³/mol. The van der Waals surface area contributed by atoms with E-state index in [0.717, 1.165) is 32.9 Å². The maximum Gasteiger partial charge on any atom is 0.335 e. The van der Waals surface area contributed by atoms with Gasteiger partial charge in [-0.05, 0) is 48.4 Å². The second-order valence-electron chi connectivity index (χ2n) is 9.04. The molecular formula is C29H25BrN4O3. The topological polar surface area (TPSA) is 89.5 Å². The van der Waals surface area contributed by atoms with Crippen molar-refractivity contribution in [3.63, 3.8) is 0 Å². The number of hydrogen-bond donors (Lipinski definition) is 1. The van der Waals surface area contributed by atoms with Crippen LogP contribution in [-0.4, -0.2) is 31.5 Å². The van der Waals surface area contributed by atoms with E-state index in [0.29, 0.717) is 23.3 Å². The van der Waals surface area contributed by atoms with Gasteiger partial charge in [0.25, 0.3) is 5.56 Å². The van der Waals surface area contributed by atoms with Crippen LogP contribution in [-0.2, 0) is 6.54 Å². The summed E-state index contributed by atoms with van der Waals surface area (Å²) in [6, 6.07) is 20.4. The third-order valence-electron chi connectivity index (χ3n) is 6.55. The van der Waals surface area contributed by atoms with E-state index in [1.807, 2.05) is 55.6 Å². The van der Waals surface area contributed by atoms with Crippen LogP contribution in [0.15, 0.2) is 87.3 Å². The third-order valence-corrected chi connectivity index (χ3v) is 7.04. The predicted octanol–water partition coefficient (Wildman–Crippen LogP) is 6.26. The van der Waals surface area contributed by atoms with Gasteiger partial charge in [-0.25, -0.2) is 9.78 Å². The van der Waals surface area contributed by atoms with Crippen LogP contribution in [0, 0.1) is 0 Å². The summed E-state index contributed by atoms with van der Waals surface area (Å²) in [5.74, 6) is -0.292. The normalized spacial score (nSPS) is 12.5. The number of carboxylic acid groups (broad SMARTS) is 1. The number of nitrogens with zero attached hydrogens (tertiary/aromatic N) is 4. The summed E-state index contributed by atoms with van der Waals surface area (Å²) in [6.45, 7) is 4.60. The van der Waals surface area contributed by atoms with E-state index in [-0.39, 0.29) is 17.0 Å². The monoisotopic (exact) mass is 556 g/mol. The molecule has 0 spiro atoms. The summed E-state index contributed by atoms with van der Waals surface area (Å²) in [6.07, 6.45) is 4.49. The van der Waals surface area contributed by atoms with Crippen molar-refractivity contribution in [3.05, 3.63) is 110 Å². The minimum absolute atomic E-state index is 0.0424. The summed E-state index contributed by atoms with van der Waals surface area (Å²) >= 11 is 3.45. The first-order valence-electron chi connectivity index (χ1n) is 12.0. The van der Waals surface area contributed by atoms with Crippen molar-refractivity contribution < 1.29 is 9.90 Å². The number of aromatic carboxylic acids is 1. The zero-order chi connectivity index (χ0) is 26.1. The van der Waals surface area contributed by atoms with Gasteiger partial charge in [-0.15, -0.1) is 0 Å². The minimum Gasteiger partial charge on any atom is -0.478 e. The van der Waals surface area contributed by atoms with Gasteiger partial charge in [0.1, 0.15) is 5.82 Å². The molecule has 0 radical (unpaired) electrons. The Labute approximate surface area is 221 Å². The Bertz CT molecular complexity index is 1740. The lowest BCUT2D eigenvalue weighted by Gasteiger charge is -2.13. The maximum atomic E-state index is 13.5. The molecule has 3 aromatic carbocycles. The largest absolute Gasteiger partial charge is 0.478 e. The van der Waals surface area contributed by atoms with E-state index in [1.165, 1.54) is 4.68 Å². The van der Waals surface area contributed by atoms with Gasteiger partial charge in [-0.1, -0.05) is 60.1 Å². The van der Waals surface area contributed by atoms with Crippen molar-refractivity contribution in [2.24, 2.45) is 5.10 Å². The first-order chi connectivity index (χ1) is 17.9. The second-order valence-corrected chi connectivity index (χ2v) is 9.95. The fourth-order valence-electron chi connectivity index (χ4n) is 4.41. The number of carboxylic acids is 1. The third kappa shape index (κ3) is 4.84. The molecule has 5 rings (SSSR count). The Hall–Kier alpha value is -4.04. The van der Waals surface area contributed by atoms with Gasteiger partial charge in [-0.2, -0.15) is 9.78 Å². The number of carbonyl (C=O) groups is 1. The van der Waals surface area contributed by atoms with Crippen LogP contribution >= 0.6 is 15.9 Å². The van der Waals surface area contributed by atoms with Crippen molar-refractivity contribution in [1.82, 2.24) is 14.2 Å². The average molecular weight is 557 g/mol. The molecule has 7 nitrogen and oxygen atoms in total. The summed E-state index contributed by atoms with van der Waals surface area (Å²) in [4.78, 5) is 29.7. The number of halogens is 1. The maximum absolute atomic E-state index is 13.5. The molecule has 0 bridgehead atoms. The summed E-state index contributed by atoms with van der Waals surface area (Å²) in [5, 5.41) is 15.5. The molecular weight excluding hydrogens is 532 g/mol. The summed E-state index contributed by atoms with van der Waals surface area (Å²) < 4.78 is 4.28. The van der Waals surface area contributed by atoms with Crippen LogP contribution in [0.4, 0.5) is 0 Å². The van der Waals surface area contributed by atoms with Gasteiger partial charge >= 0.3 is 5.97 Å². The Kier molecular flexibility index (Phi) is 6.76. The quantitative estimate of drug-likeness (QED) is 0.240. The SMILES string of the molecule is CC[C@H](C)c1nc2ccc(Br)cc2c(=O)n1N=Cc1cn(Cc2cccc(C(=O)O)c2)c2ccccc12. The Morgan fingerprint density at radius 3 is 2.70 bits per heavy atom. The van der Waals surface area contributed by atoms with Crippen LogP contribution in [0.25, 0.3) is 21.8 Å². The molecule has 1 N–H and O–H groups in total. The minimum atomic E-state index is -0.953. The van der Waals surface area contributed by atoms with Crippen molar-refractivity contribution in [2.45, 2.75) is 32.7 Å². The van der Waals surface area contributed by atoms with Crippen LogP contribution < -0.4 is 5.56 Å². The molecule has 0 aliphatic carbocycles. The lowest BCUT2D eigenvalue weighted by atomic mass is 10.1. The molecule has 0 aliphatic rings. The molecule has 0 aliphatic heterocycles. The van der Waals surface area contributed by atoms with E-state index >= 15 is 0 Å². The van der Waals surface area contributed by atoms with E-state index < -0.39 is 5.97 Å². The van der Waals surface area contributed by atoms with Gasteiger partial charge in [0.2, 0.25) is 0 Å². The van der Waals surface area contributed by atoms with Crippen molar-refractivity contribution in [2.75, 3.05) is 0 Å². The van der Waals surface area contributed by atoms with E-state index in [9.17, 15) is 14.7 Å². The lowest BCUT2D eigenvalue weighted by Crippen LogP contribution is -2.23. The number of para-hydroxylation sites is 1. The van der Waals surface area contributed by atoms with Crippen LogP contribution in [0.5, 0.6) is 0 Å². The fraction of sp³-hybridized carbons (Fsp3) is 0.172. The van der Waals surface area contributed by atoms with E-state index in [2.05, 4.69) is 32.5 Å². The van der Waals surface area contributed by atoms with E-state index in [4.69, 9.17) is 4.98 Å². The van der Waals surface area contributed by atoms with Gasteiger partial charge in [0.15, 0.2) is 0 Å². The second kappa shape index (κ2) is 10.1. The molecule has 0 saturated heterocycles. The number of hydrogen-bond acceptors (Lipinski definition) is 4. The zero-order valence-corrected chi connectivity index (χ0v) is 22.0. The molecule has 1 atom stereocenters. The molecule has 0 amide bonds. The van der Waals surface area contributed by atoms with Gasteiger partial charge in [0.05, 0.1) is 22.7 Å². The fourth-order valence-corrected chi connectivity index (χ4v) is 4.77. The highest BCUT2D eigenvalue weighted by Crippen LogP contribution is 2.23. The molecule has 8 heteroatoms. The molecule has 2 heterocycles. The van der Waals surface area contributed by atoms with Crippen LogP contribution in [0.3, 0.4) is 0 Å². The molecule has 0 unspecified atom stereocenters. The first-order valence-corrected chi connectivity index (χ1v) is 12.8. The van der Waals surface area contributed by atoms with E-state index in [1.54, 1.807) is 30.5 Å². The summed E-state index contributed by atoms with van der Waals surface area (Å²) in [7, 11) is 0. The van der Waals surface area contributed by atoms with Crippen molar-refractivity contribution in [1.29, 1.82) is 0 Å². The van der Waals surface area contributed by atoms with Crippen molar-refractivity contribution in [3.8, 4) is 0 Å². The average Bonchev–Trinajstić information content (AvgIpc) is 3.25. The number of rotatable bonds is 7. The number of aromatic nitrogens is 3. The highest BCUT2D eigenvalue weighted by Gasteiger charge is 2.16. The molecule has 5 aromatic rings. The lowest BCUT2D eigenvalue weighted by molar-refractivity contribution is 0.0696.